The van der Waals surface area contributed by atoms with Crippen LogP contribution in [0.1, 0.15) is 11.4 Å². The molecule has 0 N–H and O–H groups in total. The van der Waals surface area contributed by atoms with E-state index in [0.717, 1.165) is 49.9 Å². The van der Waals surface area contributed by atoms with E-state index in [-0.39, 0.29) is 0 Å². The van der Waals surface area contributed by atoms with Gasteiger partial charge in [0.1, 0.15) is 17.8 Å². The first-order chi connectivity index (χ1) is 10.3. The van der Waals surface area contributed by atoms with Crippen LogP contribution in [-0.2, 0) is 6.54 Å². The van der Waals surface area contributed by atoms with E-state index >= 15 is 0 Å². The third-order valence-electron chi connectivity index (χ3n) is 4.47. The van der Waals surface area contributed by atoms with Crippen LogP contribution in [0.25, 0.3) is 0 Å². The largest absolute Gasteiger partial charge is 0.356 e. The lowest BCUT2D eigenvalue weighted by atomic mass is 10.0. The van der Waals surface area contributed by atoms with Gasteiger partial charge in [-0.05, 0) is 18.8 Å². The predicted octanol–water partition coefficient (Wildman–Crippen LogP) is 0.736. The normalized spacial score (nSPS) is 25.5. The van der Waals surface area contributed by atoms with Crippen LogP contribution in [0.15, 0.2) is 23.2 Å². The lowest BCUT2D eigenvalue weighted by Gasteiger charge is -2.21. The Morgan fingerprint density at radius 2 is 2.00 bits per heavy atom. The summed E-state index contributed by atoms with van der Waals surface area (Å²) in [4.78, 5) is 13.4. The third kappa shape index (κ3) is 2.49. The number of aromatic nitrogens is 4. The summed E-state index contributed by atoms with van der Waals surface area (Å²) in [5.74, 6) is 2.48. The van der Waals surface area contributed by atoms with Gasteiger partial charge in [-0.2, -0.15) is 0 Å². The minimum atomic E-state index is 0.708. The van der Waals surface area contributed by atoms with Gasteiger partial charge >= 0.3 is 0 Å². The van der Waals surface area contributed by atoms with E-state index in [2.05, 4.69) is 40.8 Å². The maximum absolute atomic E-state index is 4.66. The lowest BCUT2D eigenvalue weighted by Crippen LogP contribution is -2.29. The minimum absolute atomic E-state index is 0.708. The van der Waals surface area contributed by atoms with Crippen molar-refractivity contribution < 1.29 is 4.63 Å². The van der Waals surface area contributed by atoms with E-state index in [4.69, 9.17) is 0 Å². The average molecular weight is 286 g/mol. The number of nitrogens with zero attached hydrogens (tertiary/aromatic N) is 6. The molecular weight excluding hydrogens is 268 g/mol. The first-order valence-electron chi connectivity index (χ1n) is 7.30. The molecule has 7 heteroatoms. The van der Waals surface area contributed by atoms with Crippen molar-refractivity contribution in [3.05, 3.63) is 30.0 Å². The molecule has 0 spiro atoms. The molecule has 2 aliphatic rings. The van der Waals surface area contributed by atoms with Gasteiger partial charge < -0.3 is 4.90 Å². The van der Waals surface area contributed by atoms with Crippen molar-refractivity contribution in [3.8, 4) is 0 Å². The first-order valence-corrected chi connectivity index (χ1v) is 7.30. The van der Waals surface area contributed by atoms with Crippen molar-refractivity contribution in [2.24, 2.45) is 11.8 Å². The molecule has 0 aromatic carbocycles. The number of fused-ring (bicyclic) bond motifs is 1. The van der Waals surface area contributed by atoms with E-state index in [9.17, 15) is 0 Å². The Morgan fingerprint density at radius 1 is 1.19 bits per heavy atom. The molecule has 0 saturated carbocycles. The van der Waals surface area contributed by atoms with Crippen LogP contribution >= 0.6 is 0 Å². The highest BCUT2D eigenvalue weighted by atomic mass is 16.6. The van der Waals surface area contributed by atoms with E-state index in [1.165, 1.54) is 0 Å². The fraction of sp³-hybridized carbons (Fsp3) is 0.571. The summed E-state index contributed by atoms with van der Waals surface area (Å²) in [5, 5.41) is 7.55. The number of likely N-dealkylation sites (tertiary alicyclic amines) is 1. The molecule has 2 atom stereocenters. The molecule has 0 amide bonds. The second kappa shape index (κ2) is 5.07. The summed E-state index contributed by atoms with van der Waals surface area (Å²) >= 11 is 0. The van der Waals surface area contributed by atoms with E-state index in [1.807, 2.05) is 6.92 Å². The van der Waals surface area contributed by atoms with Crippen LogP contribution in [0, 0.1) is 18.8 Å². The molecule has 0 aliphatic carbocycles. The first kappa shape index (κ1) is 12.7. The van der Waals surface area contributed by atoms with Crippen molar-refractivity contribution in [3.63, 3.8) is 0 Å². The summed E-state index contributed by atoms with van der Waals surface area (Å²) in [5.41, 5.74) is 1.94. The van der Waals surface area contributed by atoms with Crippen molar-refractivity contribution in [1.82, 2.24) is 25.2 Å². The molecule has 2 aromatic rings. The Kier molecular flexibility index (Phi) is 3.07. The Balaban J connectivity index is 1.39. The number of hydrogen-bond acceptors (Lipinski definition) is 7. The zero-order valence-corrected chi connectivity index (χ0v) is 12.0. The third-order valence-corrected chi connectivity index (χ3v) is 4.47. The quantitative estimate of drug-likeness (QED) is 0.824. The van der Waals surface area contributed by atoms with Crippen LogP contribution in [-0.4, -0.2) is 51.4 Å². The van der Waals surface area contributed by atoms with Gasteiger partial charge in [-0.1, -0.05) is 10.3 Å². The second-order valence-electron chi connectivity index (χ2n) is 6.04. The van der Waals surface area contributed by atoms with Gasteiger partial charge in [0, 0.05) is 44.5 Å². The average Bonchev–Trinajstić information content (AvgIpc) is 3.14. The molecular formula is C14H18N6O. The molecule has 4 heterocycles. The van der Waals surface area contributed by atoms with Gasteiger partial charge in [0.2, 0.25) is 0 Å². The van der Waals surface area contributed by atoms with E-state index in [0.29, 0.717) is 11.8 Å². The number of rotatable bonds is 3. The van der Waals surface area contributed by atoms with E-state index < -0.39 is 0 Å². The van der Waals surface area contributed by atoms with Crippen molar-refractivity contribution in [1.29, 1.82) is 0 Å². The Bertz CT molecular complexity index is 602. The maximum atomic E-state index is 4.66. The molecule has 2 saturated heterocycles. The van der Waals surface area contributed by atoms with Gasteiger partial charge in [0.05, 0.1) is 6.20 Å². The number of aryl methyl sites for hydroxylation is 1. The molecule has 2 fully saturated rings. The molecule has 2 aliphatic heterocycles. The fourth-order valence-electron chi connectivity index (χ4n) is 3.50. The predicted molar refractivity (Wildman–Crippen MR) is 75.5 cm³/mol. The number of hydrogen-bond donors (Lipinski definition) is 0. The summed E-state index contributed by atoms with van der Waals surface area (Å²) < 4.78 is 4.66. The zero-order chi connectivity index (χ0) is 14.2. The van der Waals surface area contributed by atoms with Crippen molar-refractivity contribution >= 4 is 5.82 Å². The van der Waals surface area contributed by atoms with Crippen LogP contribution in [0.2, 0.25) is 0 Å². The molecule has 21 heavy (non-hydrogen) atoms. The van der Waals surface area contributed by atoms with Crippen LogP contribution in [0.5, 0.6) is 0 Å². The van der Waals surface area contributed by atoms with Crippen molar-refractivity contribution in [2.45, 2.75) is 13.5 Å². The summed E-state index contributed by atoms with van der Waals surface area (Å²) in [6.45, 7) is 7.22. The second-order valence-corrected chi connectivity index (χ2v) is 6.04. The van der Waals surface area contributed by atoms with Gasteiger partial charge in [0.15, 0.2) is 0 Å². The molecule has 0 bridgehead atoms. The molecule has 4 rings (SSSR count). The Labute approximate surface area is 122 Å². The fourth-order valence-corrected chi connectivity index (χ4v) is 3.50. The summed E-state index contributed by atoms with van der Waals surface area (Å²) in [6.07, 6.45) is 3.35. The van der Waals surface area contributed by atoms with Crippen LogP contribution < -0.4 is 4.90 Å². The van der Waals surface area contributed by atoms with Gasteiger partial charge in [-0.25, -0.2) is 14.6 Å². The van der Waals surface area contributed by atoms with Crippen molar-refractivity contribution in [2.75, 3.05) is 31.1 Å². The maximum Gasteiger partial charge on any atom is 0.132 e. The molecule has 2 unspecified atom stereocenters. The Morgan fingerprint density at radius 3 is 2.67 bits per heavy atom. The number of anilines is 1. The van der Waals surface area contributed by atoms with Gasteiger partial charge in [-0.15, -0.1) is 0 Å². The highest BCUT2D eigenvalue weighted by molar-refractivity contribution is 5.40. The smallest absolute Gasteiger partial charge is 0.132 e. The van der Waals surface area contributed by atoms with Gasteiger partial charge in [-0.3, -0.25) is 4.90 Å². The lowest BCUT2D eigenvalue weighted by molar-refractivity contribution is 0.276. The topological polar surface area (TPSA) is 71.2 Å². The monoisotopic (exact) mass is 286 g/mol. The Hall–Kier alpha value is -2.02. The standard InChI is InChI=1S/C14H18N6O/c1-10-2-14(16-9-15-10)20-6-11-4-19(5-12(11)7-20)8-13-3-17-21-18-13/h2-3,9,11-12H,4-8H2,1H3. The SMILES string of the molecule is Cc1cc(N2CC3CN(Cc4cnon4)CC3C2)ncn1. The highest BCUT2D eigenvalue weighted by Crippen LogP contribution is 2.33. The van der Waals surface area contributed by atoms with Crippen LogP contribution in [0.4, 0.5) is 5.82 Å². The van der Waals surface area contributed by atoms with E-state index in [1.54, 1.807) is 12.5 Å². The summed E-state index contributed by atoms with van der Waals surface area (Å²) in [6, 6.07) is 2.07. The molecule has 7 nitrogen and oxygen atoms in total. The summed E-state index contributed by atoms with van der Waals surface area (Å²) in [7, 11) is 0. The molecule has 110 valence electrons. The van der Waals surface area contributed by atoms with Crippen LogP contribution in [0.3, 0.4) is 0 Å². The molecule has 0 radical (unpaired) electrons. The van der Waals surface area contributed by atoms with Gasteiger partial charge in [0.25, 0.3) is 0 Å². The molecule has 2 aromatic heterocycles. The highest BCUT2D eigenvalue weighted by Gasteiger charge is 2.40. The minimum Gasteiger partial charge on any atom is -0.356 e. The zero-order valence-electron chi connectivity index (χ0n) is 12.0.